The molecule has 2 aromatic carbocycles. The topological polar surface area (TPSA) is 58.6 Å². The van der Waals surface area contributed by atoms with E-state index in [1.54, 1.807) is 0 Å². The SMILES string of the molecule is O=C(NCC1CCCO1)c1ccccc1SCC(=O)N1CCc2ccccc21. The molecular weight excluding hydrogens is 372 g/mol. The third-order valence-electron chi connectivity index (χ3n) is 5.19. The summed E-state index contributed by atoms with van der Waals surface area (Å²) in [6.07, 6.45) is 3.05. The minimum absolute atomic E-state index is 0.0736. The molecule has 2 heterocycles. The van der Waals surface area contributed by atoms with Gasteiger partial charge in [-0.1, -0.05) is 30.3 Å². The predicted molar refractivity (Wildman–Crippen MR) is 111 cm³/mol. The zero-order valence-corrected chi connectivity index (χ0v) is 16.5. The molecule has 1 N–H and O–H groups in total. The Morgan fingerprint density at radius 2 is 1.96 bits per heavy atom. The number of para-hydroxylation sites is 1. The fourth-order valence-corrected chi connectivity index (χ4v) is 4.63. The molecule has 1 unspecified atom stereocenters. The van der Waals surface area contributed by atoms with Gasteiger partial charge >= 0.3 is 0 Å². The van der Waals surface area contributed by atoms with Crippen LogP contribution < -0.4 is 10.2 Å². The first-order chi connectivity index (χ1) is 13.7. The smallest absolute Gasteiger partial charge is 0.252 e. The number of amides is 2. The molecule has 2 aromatic rings. The van der Waals surface area contributed by atoms with Crippen LogP contribution in [0.15, 0.2) is 53.4 Å². The van der Waals surface area contributed by atoms with Crippen molar-refractivity contribution in [3.05, 3.63) is 59.7 Å². The number of benzene rings is 2. The van der Waals surface area contributed by atoms with Crippen LogP contribution in [0.25, 0.3) is 0 Å². The Hall–Kier alpha value is -2.31. The van der Waals surface area contributed by atoms with E-state index in [2.05, 4.69) is 11.4 Å². The van der Waals surface area contributed by atoms with Gasteiger partial charge < -0.3 is 15.0 Å². The van der Waals surface area contributed by atoms with Crippen LogP contribution >= 0.6 is 11.8 Å². The van der Waals surface area contributed by atoms with Crippen LogP contribution in [-0.4, -0.2) is 43.4 Å². The number of nitrogens with zero attached hydrogens (tertiary/aromatic N) is 1. The number of thioether (sulfide) groups is 1. The first-order valence-electron chi connectivity index (χ1n) is 9.72. The number of nitrogens with one attached hydrogen (secondary N) is 1. The standard InChI is InChI=1S/C22H24N2O3S/c25-21(24-12-11-16-6-1-3-9-19(16)24)15-28-20-10-4-2-8-18(20)22(26)23-14-17-7-5-13-27-17/h1-4,6,8-10,17H,5,7,11-15H2,(H,23,26). The fourth-order valence-electron chi connectivity index (χ4n) is 3.70. The molecule has 5 nitrogen and oxygen atoms in total. The Morgan fingerprint density at radius 1 is 1.14 bits per heavy atom. The highest BCUT2D eigenvalue weighted by Gasteiger charge is 2.24. The van der Waals surface area contributed by atoms with Gasteiger partial charge in [-0.3, -0.25) is 9.59 Å². The third kappa shape index (κ3) is 4.23. The summed E-state index contributed by atoms with van der Waals surface area (Å²) in [6, 6.07) is 15.5. The Bertz CT molecular complexity index is 864. The van der Waals surface area contributed by atoms with Crippen LogP contribution in [0.3, 0.4) is 0 Å². The maximum atomic E-state index is 12.8. The lowest BCUT2D eigenvalue weighted by molar-refractivity contribution is -0.116. The predicted octanol–water partition coefficient (Wildman–Crippen LogP) is 3.28. The number of hydrogen-bond acceptors (Lipinski definition) is 4. The van der Waals surface area contributed by atoms with E-state index < -0.39 is 0 Å². The van der Waals surface area contributed by atoms with Crippen molar-refractivity contribution in [2.45, 2.75) is 30.3 Å². The van der Waals surface area contributed by atoms with Gasteiger partial charge in [0.05, 0.1) is 17.4 Å². The molecule has 146 valence electrons. The fraction of sp³-hybridized carbons (Fsp3) is 0.364. The van der Waals surface area contributed by atoms with Crippen molar-refractivity contribution in [3.8, 4) is 0 Å². The normalized spacial score (nSPS) is 18.1. The Labute approximate surface area is 169 Å². The molecule has 1 atom stereocenters. The lowest BCUT2D eigenvalue weighted by Crippen LogP contribution is -2.32. The number of carbonyl (C=O) groups is 2. The summed E-state index contributed by atoms with van der Waals surface area (Å²) < 4.78 is 5.56. The number of fused-ring (bicyclic) bond motifs is 1. The monoisotopic (exact) mass is 396 g/mol. The summed E-state index contributed by atoms with van der Waals surface area (Å²) in [6.45, 7) is 2.03. The second-order valence-electron chi connectivity index (χ2n) is 7.05. The molecule has 4 rings (SSSR count). The van der Waals surface area contributed by atoms with Crippen molar-refractivity contribution in [2.75, 3.05) is 30.3 Å². The molecule has 2 aliphatic heterocycles. The second-order valence-corrected chi connectivity index (χ2v) is 8.07. The molecule has 0 bridgehead atoms. The van der Waals surface area contributed by atoms with Crippen LogP contribution in [0.2, 0.25) is 0 Å². The van der Waals surface area contributed by atoms with E-state index in [1.807, 2.05) is 47.4 Å². The van der Waals surface area contributed by atoms with Gasteiger partial charge in [-0.25, -0.2) is 0 Å². The van der Waals surface area contributed by atoms with Gasteiger partial charge in [-0.15, -0.1) is 11.8 Å². The number of hydrogen-bond donors (Lipinski definition) is 1. The van der Waals surface area contributed by atoms with Crippen LogP contribution in [0.4, 0.5) is 5.69 Å². The average molecular weight is 397 g/mol. The summed E-state index contributed by atoms with van der Waals surface area (Å²) in [5.41, 5.74) is 2.84. The number of carbonyl (C=O) groups excluding carboxylic acids is 2. The molecule has 0 saturated carbocycles. The van der Waals surface area contributed by atoms with Gasteiger partial charge in [-0.2, -0.15) is 0 Å². The zero-order valence-electron chi connectivity index (χ0n) is 15.7. The highest BCUT2D eigenvalue weighted by atomic mass is 32.2. The van der Waals surface area contributed by atoms with Crippen molar-refractivity contribution in [1.82, 2.24) is 5.32 Å². The molecule has 1 fully saturated rings. The van der Waals surface area contributed by atoms with Gasteiger partial charge in [0.2, 0.25) is 5.91 Å². The molecule has 0 aromatic heterocycles. The minimum atomic E-state index is -0.113. The highest BCUT2D eigenvalue weighted by molar-refractivity contribution is 8.00. The lowest BCUT2D eigenvalue weighted by Gasteiger charge is -2.17. The second kappa shape index (κ2) is 8.80. The van der Waals surface area contributed by atoms with E-state index in [0.717, 1.165) is 43.0 Å². The molecule has 2 amide bonds. The van der Waals surface area contributed by atoms with E-state index in [0.29, 0.717) is 17.9 Å². The minimum Gasteiger partial charge on any atom is -0.376 e. The van der Waals surface area contributed by atoms with Gasteiger partial charge in [0.25, 0.3) is 5.91 Å². The van der Waals surface area contributed by atoms with E-state index in [9.17, 15) is 9.59 Å². The number of rotatable bonds is 6. The highest BCUT2D eigenvalue weighted by Crippen LogP contribution is 2.29. The lowest BCUT2D eigenvalue weighted by atomic mass is 10.2. The molecule has 28 heavy (non-hydrogen) atoms. The van der Waals surface area contributed by atoms with Crippen molar-refractivity contribution in [3.63, 3.8) is 0 Å². The van der Waals surface area contributed by atoms with Crippen LogP contribution in [0.1, 0.15) is 28.8 Å². The van der Waals surface area contributed by atoms with Crippen molar-refractivity contribution < 1.29 is 14.3 Å². The summed E-state index contributed by atoms with van der Waals surface area (Å²) >= 11 is 1.42. The zero-order chi connectivity index (χ0) is 19.3. The van der Waals surface area contributed by atoms with Crippen molar-refractivity contribution in [2.24, 2.45) is 0 Å². The summed E-state index contributed by atoms with van der Waals surface area (Å²) in [5, 5.41) is 2.96. The van der Waals surface area contributed by atoms with Crippen LogP contribution in [0, 0.1) is 0 Å². The molecule has 0 aliphatic carbocycles. The summed E-state index contributed by atoms with van der Waals surface area (Å²) in [7, 11) is 0. The van der Waals surface area contributed by atoms with Gasteiger partial charge in [0.15, 0.2) is 0 Å². The van der Waals surface area contributed by atoms with E-state index in [1.165, 1.54) is 17.3 Å². The quantitative estimate of drug-likeness (QED) is 0.762. The first kappa shape index (κ1) is 19.0. The molecule has 0 radical (unpaired) electrons. The molecule has 2 aliphatic rings. The number of ether oxygens (including phenoxy) is 1. The van der Waals surface area contributed by atoms with Gasteiger partial charge in [0.1, 0.15) is 0 Å². The molecule has 0 spiro atoms. The Balaban J connectivity index is 1.37. The number of anilines is 1. The largest absolute Gasteiger partial charge is 0.376 e. The van der Waals surface area contributed by atoms with Crippen LogP contribution in [-0.2, 0) is 16.0 Å². The average Bonchev–Trinajstić information content (AvgIpc) is 3.40. The van der Waals surface area contributed by atoms with E-state index >= 15 is 0 Å². The van der Waals surface area contributed by atoms with E-state index in [-0.39, 0.29) is 17.9 Å². The summed E-state index contributed by atoms with van der Waals surface area (Å²) in [5.74, 6) is 0.270. The third-order valence-corrected chi connectivity index (χ3v) is 6.24. The first-order valence-corrected chi connectivity index (χ1v) is 10.7. The van der Waals surface area contributed by atoms with Crippen molar-refractivity contribution >= 4 is 29.3 Å². The summed E-state index contributed by atoms with van der Waals surface area (Å²) in [4.78, 5) is 28.0. The Morgan fingerprint density at radius 3 is 2.82 bits per heavy atom. The van der Waals surface area contributed by atoms with E-state index in [4.69, 9.17) is 4.74 Å². The van der Waals surface area contributed by atoms with Crippen LogP contribution in [0.5, 0.6) is 0 Å². The van der Waals surface area contributed by atoms with Crippen molar-refractivity contribution in [1.29, 1.82) is 0 Å². The maximum absolute atomic E-state index is 12.8. The molecule has 1 saturated heterocycles. The molecular formula is C22H24N2O3S. The van der Waals surface area contributed by atoms with Gasteiger partial charge in [-0.05, 0) is 43.0 Å². The Kier molecular flexibility index (Phi) is 5.98. The van der Waals surface area contributed by atoms with Gasteiger partial charge in [0, 0.05) is 30.3 Å². The molecule has 6 heteroatoms. The maximum Gasteiger partial charge on any atom is 0.252 e.